The van der Waals surface area contributed by atoms with Crippen LogP contribution in [-0.2, 0) is 4.79 Å². The van der Waals surface area contributed by atoms with E-state index in [0.29, 0.717) is 24.6 Å². The lowest BCUT2D eigenvalue weighted by atomic mass is 10.2. The summed E-state index contributed by atoms with van der Waals surface area (Å²) < 4.78 is 0.798. The molecule has 0 aliphatic carbocycles. The number of halogens is 1. The molecule has 106 valence electrons. The molecule has 1 aromatic rings. The van der Waals surface area contributed by atoms with E-state index in [4.69, 9.17) is 5.73 Å². The van der Waals surface area contributed by atoms with Crippen LogP contribution in [0.15, 0.2) is 10.7 Å². The second-order valence-electron chi connectivity index (χ2n) is 4.38. The first-order valence-electron chi connectivity index (χ1n) is 6.38. The van der Waals surface area contributed by atoms with Crippen LogP contribution in [0.25, 0.3) is 0 Å². The van der Waals surface area contributed by atoms with E-state index in [-0.39, 0.29) is 11.9 Å². The highest BCUT2D eigenvalue weighted by atomic mass is 79.9. The SMILES string of the molecule is CCN(CC)C(=O)C(C)Nc1ncc(N)c(C)c1Br. The molecule has 0 aliphatic heterocycles. The average Bonchev–Trinajstić information content (AvgIpc) is 2.40. The summed E-state index contributed by atoms with van der Waals surface area (Å²) in [5.74, 6) is 0.702. The molecule has 5 nitrogen and oxygen atoms in total. The van der Waals surface area contributed by atoms with E-state index >= 15 is 0 Å². The van der Waals surface area contributed by atoms with Crippen LogP contribution < -0.4 is 11.1 Å². The fraction of sp³-hybridized carbons (Fsp3) is 0.538. The molecule has 1 atom stereocenters. The van der Waals surface area contributed by atoms with Gasteiger partial charge in [0.15, 0.2) is 0 Å². The highest BCUT2D eigenvalue weighted by molar-refractivity contribution is 9.10. The number of amides is 1. The number of rotatable bonds is 5. The molecule has 1 rings (SSSR count). The minimum atomic E-state index is -0.327. The molecule has 19 heavy (non-hydrogen) atoms. The number of anilines is 2. The number of carbonyl (C=O) groups excluding carboxylic acids is 1. The minimum Gasteiger partial charge on any atom is -0.397 e. The number of nitrogens with zero attached hydrogens (tertiary/aromatic N) is 2. The average molecular weight is 329 g/mol. The largest absolute Gasteiger partial charge is 0.397 e. The molecule has 1 unspecified atom stereocenters. The summed E-state index contributed by atoms with van der Waals surface area (Å²) in [6.45, 7) is 9.09. The van der Waals surface area contributed by atoms with Crippen molar-refractivity contribution in [3.8, 4) is 0 Å². The molecule has 0 aromatic carbocycles. The highest BCUT2D eigenvalue weighted by Crippen LogP contribution is 2.28. The lowest BCUT2D eigenvalue weighted by molar-refractivity contribution is -0.131. The van der Waals surface area contributed by atoms with Gasteiger partial charge in [-0.25, -0.2) is 4.98 Å². The Hall–Kier alpha value is -1.30. The maximum atomic E-state index is 12.2. The molecule has 0 bridgehead atoms. The van der Waals surface area contributed by atoms with Crippen molar-refractivity contribution in [2.45, 2.75) is 33.7 Å². The number of nitrogens with two attached hydrogens (primary N) is 1. The van der Waals surface area contributed by atoms with Crippen molar-refractivity contribution in [1.82, 2.24) is 9.88 Å². The van der Waals surface area contributed by atoms with Gasteiger partial charge in [0.25, 0.3) is 0 Å². The van der Waals surface area contributed by atoms with Crippen LogP contribution in [0.2, 0.25) is 0 Å². The predicted octanol–water partition coefficient (Wildman–Crippen LogP) is 2.40. The zero-order valence-electron chi connectivity index (χ0n) is 11.8. The number of hydrogen-bond acceptors (Lipinski definition) is 4. The van der Waals surface area contributed by atoms with Crippen molar-refractivity contribution >= 4 is 33.3 Å². The molecule has 0 radical (unpaired) electrons. The number of carbonyl (C=O) groups is 1. The van der Waals surface area contributed by atoms with Crippen LogP contribution in [-0.4, -0.2) is 34.9 Å². The van der Waals surface area contributed by atoms with Crippen LogP contribution in [0.5, 0.6) is 0 Å². The van der Waals surface area contributed by atoms with E-state index in [1.165, 1.54) is 0 Å². The van der Waals surface area contributed by atoms with Crippen LogP contribution in [0.1, 0.15) is 26.3 Å². The summed E-state index contributed by atoms with van der Waals surface area (Å²) in [4.78, 5) is 18.2. The van der Waals surface area contributed by atoms with Gasteiger partial charge >= 0.3 is 0 Å². The number of nitrogens with one attached hydrogen (secondary N) is 1. The van der Waals surface area contributed by atoms with Crippen LogP contribution in [0.4, 0.5) is 11.5 Å². The lowest BCUT2D eigenvalue weighted by Gasteiger charge is -2.24. The summed E-state index contributed by atoms with van der Waals surface area (Å²) in [5.41, 5.74) is 7.32. The van der Waals surface area contributed by atoms with Crippen LogP contribution in [0.3, 0.4) is 0 Å². The Morgan fingerprint density at radius 1 is 1.53 bits per heavy atom. The van der Waals surface area contributed by atoms with E-state index in [9.17, 15) is 4.79 Å². The maximum Gasteiger partial charge on any atom is 0.244 e. The number of aromatic nitrogens is 1. The summed E-state index contributed by atoms with van der Waals surface area (Å²) in [6.07, 6.45) is 1.59. The van der Waals surface area contributed by atoms with Gasteiger partial charge in [0.1, 0.15) is 11.9 Å². The summed E-state index contributed by atoms with van der Waals surface area (Å²) in [6, 6.07) is -0.327. The van der Waals surface area contributed by atoms with Gasteiger partial charge in [-0.1, -0.05) is 0 Å². The molecule has 6 heteroatoms. The van der Waals surface area contributed by atoms with E-state index < -0.39 is 0 Å². The summed E-state index contributed by atoms with van der Waals surface area (Å²) in [7, 11) is 0. The normalized spacial score (nSPS) is 12.1. The molecule has 0 spiro atoms. The molecule has 0 fully saturated rings. The second kappa shape index (κ2) is 6.75. The van der Waals surface area contributed by atoms with Gasteiger partial charge in [-0.3, -0.25) is 4.79 Å². The van der Waals surface area contributed by atoms with Gasteiger partial charge < -0.3 is 16.0 Å². The van der Waals surface area contributed by atoms with Gasteiger partial charge in [0.2, 0.25) is 5.91 Å². The van der Waals surface area contributed by atoms with E-state index in [2.05, 4.69) is 26.2 Å². The van der Waals surface area contributed by atoms with Crippen molar-refractivity contribution < 1.29 is 4.79 Å². The highest BCUT2D eigenvalue weighted by Gasteiger charge is 2.19. The molecule has 0 saturated carbocycles. The third kappa shape index (κ3) is 3.59. The Balaban J connectivity index is 2.85. The van der Waals surface area contributed by atoms with Crippen molar-refractivity contribution in [2.75, 3.05) is 24.1 Å². The summed E-state index contributed by atoms with van der Waals surface area (Å²) >= 11 is 3.45. The summed E-state index contributed by atoms with van der Waals surface area (Å²) in [5, 5.41) is 3.12. The first-order chi connectivity index (χ1) is 8.92. The quantitative estimate of drug-likeness (QED) is 0.870. The van der Waals surface area contributed by atoms with Crippen molar-refractivity contribution in [3.63, 3.8) is 0 Å². The molecular weight excluding hydrogens is 308 g/mol. The van der Waals surface area contributed by atoms with Crippen molar-refractivity contribution in [2.24, 2.45) is 0 Å². The predicted molar refractivity (Wildman–Crippen MR) is 82.1 cm³/mol. The zero-order chi connectivity index (χ0) is 14.6. The fourth-order valence-corrected chi connectivity index (χ4v) is 2.21. The first kappa shape index (κ1) is 15.8. The second-order valence-corrected chi connectivity index (χ2v) is 5.17. The smallest absolute Gasteiger partial charge is 0.244 e. The molecular formula is C13H21BrN4O. The molecule has 0 aliphatic rings. The maximum absolute atomic E-state index is 12.2. The molecule has 1 aromatic heterocycles. The van der Waals surface area contributed by atoms with Crippen LogP contribution in [0, 0.1) is 6.92 Å². The van der Waals surface area contributed by atoms with Crippen molar-refractivity contribution in [3.05, 3.63) is 16.2 Å². The fourth-order valence-electron chi connectivity index (χ4n) is 1.77. The molecule has 1 heterocycles. The molecule has 1 amide bonds. The van der Waals surface area contributed by atoms with Gasteiger partial charge in [0.05, 0.1) is 16.4 Å². The number of nitrogen functional groups attached to an aromatic ring is 1. The standard InChI is InChI=1S/C13H21BrN4O/c1-5-18(6-2)13(19)9(4)17-12-11(14)8(3)10(15)7-16-12/h7,9H,5-6,15H2,1-4H3,(H,16,17). The third-order valence-corrected chi connectivity index (χ3v) is 4.07. The number of pyridine rings is 1. The third-order valence-electron chi connectivity index (χ3n) is 3.10. The first-order valence-corrected chi connectivity index (χ1v) is 7.17. The lowest BCUT2D eigenvalue weighted by Crippen LogP contribution is -2.41. The van der Waals surface area contributed by atoms with Crippen LogP contribution >= 0.6 is 15.9 Å². The molecule has 3 N–H and O–H groups in total. The van der Waals surface area contributed by atoms with Crippen molar-refractivity contribution in [1.29, 1.82) is 0 Å². The van der Waals surface area contributed by atoms with Gasteiger partial charge in [0, 0.05) is 13.1 Å². The minimum absolute atomic E-state index is 0.0631. The van der Waals surface area contributed by atoms with E-state index in [1.807, 2.05) is 27.7 Å². The topological polar surface area (TPSA) is 71.2 Å². The Morgan fingerprint density at radius 2 is 2.11 bits per heavy atom. The van der Waals surface area contributed by atoms with E-state index in [0.717, 1.165) is 10.0 Å². The van der Waals surface area contributed by atoms with Gasteiger partial charge in [-0.2, -0.15) is 0 Å². The Bertz CT molecular complexity index is 460. The Morgan fingerprint density at radius 3 is 2.63 bits per heavy atom. The Kier molecular flexibility index (Phi) is 5.60. The number of likely N-dealkylation sites (N-methyl/N-ethyl adjacent to an activating group) is 1. The monoisotopic (exact) mass is 328 g/mol. The van der Waals surface area contributed by atoms with Gasteiger partial charge in [-0.05, 0) is 49.2 Å². The van der Waals surface area contributed by atoms with Gasteiger partial charge in [-0.15, -0.1) is 0 Å². The Labute approximate surface area is 122 Å². The number of hydrogen-bond donors (Lipinski definition) is 2. The zero-order valence-corrected chi connectivity index (χ0v) is 13.4. The molecule has 0 saturated heterocycles. The van der Waals surface area contributed by atoms with E-state index in [1.54, 1.807) is 11.1 Å².